The number of amides is 1. The van der Waals surface area contributed by atoms with Gasteiger partial charge < -0.3 is 4.90 Å². The first-order valence-corrected chi connectivity index (χ1v) is 5.58. The van der Waals surface area contributed by atoms with Crippen LogP contribution in [0.5, 0.6) is 0 Å². The molecule has 7 heteroatoms. The van der Waals surface area contributed by atoms with Crippen LogP contribution in [0.15, 0.2) is 24.3 Å². The lowest BCUT2D eigenvalue weighted by Gasteiger charge is -2.34. The zero-order chi connectivity index (χ0) is 13.0. The minimum Gasteiger partial charge on any atom is -0.369 e. The van der Waals surface area contributed by atoms with E-state index >= 15 is 0 Å². The standard InChI is InChI=1S/C11H13N4O3/c16-9-12-14-7-5-13(6-8-14)10-1-3-11(4-2-10)15(17)18/h1-4H,5-8H2,(H,12,16). The van der Waals surface area contributed by atoms with Crippen LogP contribution < -0.4 is 10.3 Å². The van der Waals surface area contributed by atoms with Gasteiger partial charge in [0.15, 0.2) is 0 Å². The van der Waals surface area contributed by atoms with Gasteiger partial charge in [0.1, 0.15) is 0 Å². The monoisotopic (exact) mass is 249 g/mol. The first-order chi connectivity index (χ1) is 8.70. The molecule has 0 atom stereocenters. The average Bonchev–Trinajstić information content (AvgIpc) is 2.40. The Hall–Kier alpha value is -2.15. The van der Waals surface area contributed by atoms with E-state index < -0.39 is 4.92 Å². The lowest BCUT2D eigenvalue weighted by Crippen LogP contribution is -2.51. The molecule has 0 aromatic heterocycles. The summed E-state index contributed by atoms with van der Waals surface area (Å²) in [4.78, 5) is 22.4. The molecule has 1 radical (unpaired) electrons. The molecule has 18 heavy (non-hydrogen) atoms. The number of hydrazine groups is 1. The molecule has 1 aromatic rings. The summed E-state index contributed by atoms with van der Waals surface area (Å²) in [7, 11) is 0. The van der Waals surface area contributed by atoms with Gasteiger partial charge in [0.25, 0.3) is 5.69 Å². The van der Waals surface area contributed by atoms with Gasteiger partial charge in [0.2, 0.25) is 0 Å². The Kier molecular flexibility index (Phi) is 3.73. The Morgan fingerprint density at radius 2 is 1.78 bits per heavy atom. The topological polar surface area (TPSA) is 78.7 Å². The summed E-state index contributed by atoms with van der Waals surface area (Å²) in [6.07, 6.45) is 1.64. The highest BCUT2D eigenvalue weighted by molar-refractivity contribution is 5.51. The first-order valence-electron chi connectivity index (χ1n) is 5.58. The van der Waals surface area contributed by atoms with Crippen molar-refractivity contribution in [2.45, 2.75) is 0 Å². The molecule has 0 spiro atoms. The smallest absolute Gasteiger partial charge is 0.324 e. The van der Waals surface area contributed by atoms with E-state index in [2.05, 4.69) is 10.3 Å². The Morgan fingerprint density at radius 3 is 2.28 bits per heavy atom. The van der Waals surface area contributed by atoms with Crippen molar-refractivity contribution in [3.8, 4) is 0 Å². The maximum atomic E-state index is 10.5. The van der Waals surface area contributed by atoms with Crippen LogP contribution in [0.25, 0.3) is 0 Å². The van der Waals surface area contributed by atoms with Crippen LogP contribution in [0.4, 0.5) is 11.4 Å². The third-order valence-corrected chi connectivity index (χ3v) is 2.91. The minimum absolute atomic E-state index is 0.0922. The molecule has 1 aliphatic rings. The molecule has 1 heterocycles. The van der Waals surface area contributed by atoms with Gasteiger partial charge >= 0.3 is 6.41 Å². The van der Waals surface area contributed by atoms with Gasteiger partial charge in [0.05, 0.1) is 4.92 Å². The molecule has 0 saturated carbocycles. The first kappa shape index (κ1) is 12.3. The maximum absolute atomic E-state index is 10.5. The largest absolute Gasteiger partial charge is 0.369 e. The van der Waals surface area contributed by atoms with Gasteiger partial charge in [-0.2, -0.15) is 0 Å². The lowest BCUT2D eigenvalue weighted by molar-refractivity contribution is -0.384. The highest BCUT2D eigenvalue weighted by Crippen LogP contribution is 2.20. The number of rotatable bonds is 4. The molecule has 1 N–H and O–H groups in total. The zero-order valence-corrected chi connectivity index (χ0v) is 9.70. The minimum atomic E-state index is -0.411. The number of anilines is 1. The number of hydrogen-bond donors (Lipinski definition) is 1. The number of benzene rings is 1. The second kappa shape index (κ2) is 5.46. The number of piperazine rings is 1. The summed E-state index contributed by atoms with van der Waals surface area (Å²) in [6.45, 7) is 2.91. The molecule has 1 fully saturated rings. The second-order valence-corrected chi connectivity index (χ2v) is 3.96. The fourth-order valence-electron chi connectivity index (χ4n) is 1.93. The van der Waals surface area contributed by atoms with Crippen molar-refractivity contribution < 1.29 is 9.72 Å². The molecular formula is C11H13N4O3. The maximum Gasteiger partial charge on any atom is 0.324 e. The molecule has 1 aromatic carbocycles. The number of nitro groups is 1. The average molecular weight is 249 g/mol. The van der Waals surface area contributed by atoms with Gasteiger partial charge in [-0.05, 0) is 12.1 Å². The molecule has 1 saturated heterocycles. The van der Waals surface area contributed by atoms with E-state index in [4.69, 9.17) is 0 Å². The van der Waals surface area contributed by atoms with Crippen molar-refractivity contribution in [3.63, 3.8) is 0 Å². The van der Waals surface area contributed by atoms with Crippen molar-refractivity contribution in [1.82, 2.24) is 10.4 Å². The molecule has 2 rings (SSSR count). The van der Waals surface area contributed by atoms with Crippen LogP contribution in [0.3, 0.4) is 0 Å². The Balaban J connectivity index is 1.97. The van der Waals surface area contributed by atoms with Crippen molar-refractivity contribution in [2.24, 2.45) is 0 Å². The number of nitrogens with one attached hydrogen (secondary N) is 1. The fraction of sp³-hybridized carbons (Fsp3) is 0.364. The van der Waals surface area contributed by atoms with Crippen molar-refractivity contribution in [2.75, 3.05) is 31.1 Å². The third-order valence-electron chi connectivity index (χ3n) is 2.91. The van der Waals surface area contributed by atoms with E-state index in [1.807, 2.05) is 0 Å². The predicted octanol–water partition coefficient (Wildman–Crippen LogP) is 0.289. The number of non-ortho nitro benzene ring substituents is 1. The Bertz CT molecular complexity index is 426. The summed E-state index contributed by atoms with van der Waals surface area (Å²) in [5, 5.41) is 12.3. The zero-order valence-electron chi connectivity index (χ0n) is 9.70. The van der Waals surface area contributed by atoms with Crippen LogP contribution in [0.1, 0.15) is 0 Å². The van der Waals surface area contributed by atoms with E-state index in [9.17, 15) is 14.9 Å². The quantitative estimate of drug-likeness (QED) is 0.471. The van der Waals surface area contributed by atoms with Crippen LogP contribution in [-0.4, -0.2) is 42.5 Å². The molecule has 0 unspecified atom stereocenters. The Labute approximate surface area is 104 Å². The van der Waals surface area contributed by atoms with Crippen LogP contribution in [0.2, 0.25) is 0 Å². The fourth-order valence-corrected chi connectivity index (χ4v) is 1.93. The summed E-state index contributed by atoms with van der Waals surface area (Å²) in [5.41, 5.74) is 3.54. The highest BCUT2D eigenvalue weighted by Gasteiger charge is 2.17. The van der Waals surface area contributed by atoms with Crippen molar-refractivity contribution in [1.29, 1.82) is 0 Å². The van der Waals surface area contributed by atoms with Crippen molar-refractivity contribution in [3.05, 3.63) is 34.4 Å². The Morgan fingerprint density at radius 1 is 1.17 bits per heavy atom. The summed E-state index contributed by atoms with van der Waals surface area (Å²) < 4.78 is 0. The third kappa shape index (κ3) is 2.75. The SMILES string of the molecule is O=[C]NN1CCN(c2ccc([N+](=O)[O-])cc2)CC1. The van der Waals surface area contributed by atoms with E-state index in [1.54, 1.807) is 23.6 Å². The highest BCUT2D eigenvalue weighted by atomic mass is 16.6. The van der Waals surface area contributed by atoms with Crippen LogP contribution in [-0.2, 0) is 4.79 Å². The molecule has 7 nitrogen and oxygen atoms in total. The van der Waals surface area contributed by atoms with Gasteiger partial charge in [-0.25, -0.2) is 5.01 Å². The number of carbonyl (C=O) groups excluding carboxylic acids is 1. The van der Waals surface area contributed by atoms with Gasteiger partial charge in [-0.15, -0.1) is 0 Å². The molecule has 95 valence electrons. The second-order valence-electron chi connectivity index (χ2n) is 3.96. The predicted molar refractivity (Wildman–Crippen MR) is 65.7 cm³/mol. The van der Waals surface area contributed by atoms with Crippen molar-refractivity contribution >= 4 is 17.8 Å². The number of nitrogens with zero attached hydrogens (tertiary/aromatic N) is 3. The molecule has 1 aliphatic heterocycles. The van der Waals surface area contributed by atoms with Gasteiger partial charge in [-0.3, -0.25) is 20.3 Å². The summed E-state index contributed by atoms with van der Waals surface area (Å²) in [6, 6.07) is 6.48. The van der Waals surface area contributed by atoms with E-state index in [-0.39, 0.29) is 5.69 Å². The normalized spacial score (nSPS) is 16.3. The van der Waals surface area contributed by atoms with Gasteiger partial charge in [0, 0.05) is 44.0 Å². The van der Waals surface area contributed by atoms with Gasteiger partial charge in [-0.1, -0.05) is 0 Å². The summed E-state index contributed by atoms with van der Waals surface area (Å²) in [5.74, 6) is 0. The molecular weight excluding hydrogens is 236 g/mol. The number of hydrogen-bond acceptors (Lipinski definition) is 5. The molecule has 0 aliphatic carbocycles. The molecule has 0 bridgehead atoms. The molecule has 1 amide bonds. The lowest BCUT2D eigenvalue weighted by atomic mass is 10.2. The van der Waals surface area contributed by atoms with Crippen LogP contribution in [0, 0.1) is 10.1 Å². The van der Waals surface area contributed by atoms with E-state index in [1.165, 1.54) is 12.1 Å². The van der Waals surface area contributed by atoms with E-state index in [0.717, 1.165) is 18.8 Å². The van der Waals surface area contributed by atoms with Crippen LogP contribution >= 0.6 is 0 Å². The summed E-state index contributed by atoms with van der Waals surface area (Å²) >= 11 is 0. The van der Waals surface area contributed by atoms with E-state index in [0.29, 0.717) is 13.1 Å². The number of nitro benzene ring substituents is 1.